The van der Waals surface area contributed by atoms with Gasteiger partial charge in [0.2, 0.25) is 5.91 Å². The molecule has 10 heteroatoms. The van der Waals surface area contributed by atoms with Crippen LogP contribution in [0.4, 0.5) is 0 Å². The first-order valence-corrected chi connectivity index (χ1v) is 29.2. The van der Waals surface area contributed by atoms with Crippen LogP contribution in [0.1, 0.15) is 277 Å². The van der Waals surface area contributed by atoms with Crippen LogP contribution in [0.5, 0.6) is 0 Å². The fourth-order valence-corrected chi connectivity index (χ4v) is 9.40. The molecule has 402 valence electrons. The molecule has 8 unspecified atom stereocenters. The number of ether oxygens (including phenoxy) is 2. The molecular weight excluding hydrogens is 855 g/mol. The van der Waals surface area contributed by atoms with E-state index in [4.69, 9.17) is 9.47 Å². The van der Waals surface area contributed by atoms with Crippen molar-refractivity contribution in [3.05, 3.63) is 24.3 Å². The lowest BCUT2D eigenvalue weighted by molar-refractivity contribution is -0.302. The lowest BCUT2D eigenvalue weighted by Crippen LogP contribution is -2.60. The van der Waals surface area contributed by atoms with Gasteiger partial charge >= 0.3 is 0 Å². The zero-order valence-electron chi connectivity index (χ0n) is 44.2. The minimum atomic E-state index is -1.61. The number of carbonyl (C=O) groups excluding carboxylic acids is 1. The highest BCUT2D eigenvalue weighted by atomic mass is 16.7. The number of aliphatic hydroxyl groups is 6. The van der Waals surface area contributed by atoms with Crippen molar-refractivity contribution in [3.8, 4) is 0 Å². The third-order valence-corrected chi connectivity index (χ3v) is 14.1. The standard InChI is InChI=1S/C58H111NO9/c1-3-5-7-9-11-13-15-16-17-18-19-20-21-22-23-24-25-26-27-28-29-30-31-32-33-34-35-37-39-41-43-45-47-52(62)57(66)59-50(49-67-58-56(65)55(64)54(63)53(48-60)68-58)51(61)46-44-42-40-38-36-14-12-10-8-6-4-2/h22-23,44,46,50-56,58,60-65H,3-21,24-43,45,47-49H2,1-2H3,(H,59,66)/b23-22-,46-44+. The SMILES string of the molecule is CCCCCCCCCCC/C=C/C(O)C(COC1OC(CO)C(O)C(O)C1O)NC(=O)C(O)CCCCCCCCCCCCCCCCCC/C=C\CCCCCCCCCCCCCC. The number of amides is 1. The molecule has 1 aliphatic rings. The van der Waals surface area contributed by atoms with E-state index in [1.165, 1.54) is 212 Å². The van der Waals surface area contributed by atoms with Gasteiger partial charge in [-0.2, -0.15) is 0 Å². The second-order valence-corrected chi connectivity index (χ2v) is 20.6. The largest absolute Gasteiger partial charge is 0.394 e. The molecule has 1 amide bonds. The summed E-state index contributed by atoms with van der Waals surface area (Å²) in [4.78, 5) is 13.1. The summed E-state index contributed by atoms with van der Waals surface area (Å²) in [5.74, 6) is -0.614. The number of hydrogen-bond acceptors (Lipinski definition) is 9. The van der Waals surface area contributed by atoms with E-state index < -0.39 is 61.5 Å². The summed E-state index contributed by atoms with van der Waals surface area (Å²) in [6.07, 6.45) is 50.2. The minimum Gasteiger partial charge on any atom is -0.394 e. The van der Waals surface area contributed by atoms with Gasteiger partial charge in [0.25, 0.3) is 0 Å². The Balaban J connectivity index is 2.13. The summed E-state index contributed by atoms with van der Waals surface area (Å²) in [5.41, 5.74) is 0. The molecule has 0 radical (unpaired) electrons. The first-order chi connectivity index (χ1) is 33.3. The van der Waals surface area contributed by atoms with Crippen molar-refractivity contribution >= 4 is 5.91 Å². The second-order valence-electron chi connectivity index (χ2n) is 20.6. The van der Waals surface area contributed by atoms with Crippen molar-refractivity contribution in [1.29, 1.82) is 0 Å². The van der Waals surface area contributed by atoms with Crippen LogP contribution in [0.2, 0.25) is 0 Å². The van der Waals surface area contributed by atoms with Crippen LogP contribution < -0.4 is 5.32 Å². The number of rotatable bonds is 50. The molecule has 1 rings (SSSR count). The summed E-state index contributed by atoms with van der Waals surface area (Å²) < 4.78 is 11.2. The fourth-order valence-electron chi connectivity index (χ4n) is 9.40. The maximum absolute atomic E-state index is 13.1. The molecule has 10 nitrogen and oxygen atoms in total. The van der Waals surface area contributed by atoms with Gasteiger partial charge in [-0.3, -0.25) is 4.79 Å². The molecule has 0 spiro atoms. The van der Waals surface area contributed by atoms with E-state index in [0.717, 1.165) is 44.9 Å². The van der Waals surface area contributed by atoms with Crippen LogP contribution >= 0.6 is 0 Å². The van der Waals surface area contributed by atoms with Crippen molar-refractivity contribution < 1.29 is 44.9 Å². The quantitative estimate of drug-likeness (QED) is 0.0232. The third-order valence-electron chi connectivity index (χ3n) is 14.1. The molecule has 8 atom stereocenters. The number of carbonyl (C=O) groups is 1. The van der Waals surface area contributed by atoms with Gasteiger partial charge in [0.15, 0.2) is 6.29 Å². The molecule has 0 aromatic heterocycles. The van der Waals surface area contributed by atoms with Crippen molar-refractivity contribution in [2.75, 3.05) is 13.2 Å². The smallest absolute Gasteiger partial charge is 0.249 e. The first-order valence-electron chi connectivity index (χ1n) is 29.2. The molecule has 7 N–H and O–H groups in total. The Kier molecular flexibility index (Phi) is 45.6. The molecular formula is C58H111NO9. The summed E-state index contributed by atoms with van der Waals surface area (Å²) in [6.45, 7) is 3.62. The van der Waals surface area contributed by atoms with Crippen LogP contribution in [0.25, 0.3) is 0 Å². The third kappa shape index (κ3) is 36.5. The molecule has 1 heterocycles. The molecule has 0 saturated carbocycles. The van der Waals surface area contributed by atoms with Crippen molar-refractivity contribution in [3.63, 3.8) is 0 Å². The van der Waals surface area contributed by atoms with Crippen molar-refractivity contribution in [2.24, 2.45) is 0 Å². The summed E-state index contributed by atoms with van der Waals surface area (Å²) >= 11 is 0. The molecule has 1 aliphatic heterocycles. The van der Waals surface area contributed by atoms with Crippen molar-refractivity contribution in [1.82, 2.24) is 5.32 Å². The van der Waals surface area contributed by atoms with Crippen LogP contribution in [0, 0.1) is 0 Å². The Morgan fingerprint density at radius 2 is 0.853 bits per heavy atom. The monoisotopic (exact) mass is 966 g/mol. The average molecular weight is 967 g/mol. The highest BCUT2D eigenvalue weighted by Gasteiger charge is 2.44. The Morgan fingerprint density at radius 3 is 1.24 bits per heavy atom. The van der Waals surface area contributed by atoms with Gasteiger partial charge < -0.3 is 45.4 Å². The number of hydrogen-bond donors (Lipinski definition) is 7. The highest BCUT2D eigenvalue weighted by molar-refractivity contribution is 5.80. The lowest BCUT2D eigenvalue weighted by Gasteiger charge is -2.40. The summed E-state index contributed by atoms with van der Waals surface area (Å²) in [6, 6.07) is -0.977. The Labute approximate surface area is 418 Å². The number of allylic oxidation sites excluding steroid dienone is 3. The van der Waals surface area contributed by atoms with E-state index in [1.807, 2.05) is 6.08 Å². The van der Waals surface area contributed by atoms with Crippen LogP contribution in [0.3, 0.4) is 0 Å². The van der Waals surface area contributed by atoms with Gasteiger partial charge in [0.1, 0.15) is 30.5 Å². The Bertz CT molecular complexity index is 1140. The van der Waals surface area contributed by atoms with Crippen molar-refractivity contribution in [2.45, 2.75) is 326 Å². The van der Waals surface area contributed by atoms with Gasteiger partial charge in [-0.15, -0.1) is 0 Å². The van der Waals surface area contributed by atoms with Gasteiger partial charge in [0.05, 0.1) is 25.4 Å². The average Bonchev–Trinajstić information content (AvgIpc) is 3.34. The molecule has 68 heavy (non-hydrogen) atoms. The van der Waals surface area contributed by atoms with Gasteiger partial charge in [-0.1, -0.05) is 256 Å². The van der Waals surface area contributed by atoms with E-state index in [9.17, 15) is 35.4 Å². The van der Waals surface area contributed by atoms with E-state index in [0.29, 0.717) is 6.42 Å². The fraction of sp³-hybridized carbons (Fsp3) is 0.914. The van der Waals surface area contributed by atoms with E-state index >= 15 is 0 Å². The van der Waals surface area contributed by atoms with Gasteiger partial charge in [0, 0.05) is 0 Å². The molecule has 1 saturated heterocycles. The van der Waals surface area contributed by atoms with Crippen LogP contribution in [-0.2, 0) is 14.3 Å². The highest BCUT2D eigenvalue weighted by Crippen LogP contribution is 2.23. The van der Waals surface area contributed by atoms with E-state index in [2.05, 4.69) is 31.3 Å². The topological polar surface area (TPSA) is 169 Å². The zero-order chi connectivity index (χ0) is 49.6. The Morgan fingerprint density at radius 1 is 0.500 bits per heavy atom. The van der Waals surface area contributed by atoms with Gasteiger partial charge in [-0.25, -0.2) is 0 Å². The number of aliphatic hydroxyl groups excluding tert-OH is 6. The number of nitrogens with one attached hydrogen (secondary N) is 1. The van der Waals surface area contributed by atoms with Crippen LogP contribution in [0.15, 0.2) is 24.3 Å². The van der Waals surface area contributed by atoms with E-state index in [-0.39, 0.29) is 6.61 Å². The molecule has 1 fully saturated rings. The minimum absolute atomic E-state index is 0.303. The maximum atomic E-state index is 13.1. The van der Waals surface area contributed by atoms with Crippen LogP contribution in [-0.4, -0.2) is 98.7 Å². The maximum Gasteiger partial charge on any atom is 0.249 e. The lowest BCUT2D eigenvalue weighted by atomic mass is 9.99. The molecule has 0 aliphatic carbocycles. The molecule has 0 aromatic carbocycles. The molecule has 0 bridgehead atoms. The van der Waals surface area contributed by atoms with Gasteiger partial charge in [-0.05, 0) is 44.9 Å². The number of unbranched alkanes of at least 4 members (excludes halogenated alkanes) is 37. The predicted octanol–water partition coefficient (Wildman–Crippen LogP) is 13.2. The van der Waals surface area contributed by atoms with E-state index in [1.54, 1.807) is 6.08 Å². The zero-order valence-corrected chi connectivity index (χ0v) is 44.2. The normalized spacial score (nSPS) is 20.1. The predicted molar refractivity (Wildman–Crippen MR) is 283 cm³/mol. The first kappa shape index (κ1) is 64.6. The molecule has 0 aromatic rings. The second kappa shape index (κ2) is 47.9. The summed E-state index contributed by atoms with van der Waals surface area (Å²) in [5, 5.41) is 64.8. The Hall–Kier alpha value is -1.37. The summed E-state index contributed by atoms with van der Waals surface area (Å²) in [7, 11) is 0.